The normalized spacial score (nSPS) is 44.8. The van der Waals surface area contributed by atoms with Crippen molar-refractivity contribution < 1.29 is 299 Å². The summed E-state index contributed by atoms with van der Waals surface area (Å²) in [5.74, 6) is -11.9. The fourth-order valence-electron chi connectivity index (χ4n) is 13.8. The van der Waals surface area contributed by atoms with Crippen LogP contribution in [-0.2, 0) is 119 Å². The van der Waals surface area contributed by atoms with Crippen molar-refractivity contribution in [3.8, 4) is 0 Å². The summed E-state index contributed by atoms with van der Waals surface area (Å²) in [6.07, 6.45) is -78.6. The minimum atomic E-state index is -2.69. The first-order valence-electron chi connectivity index (χ1n) is 33.4. The van der Waals surface area contributed by atoms with Gasteiger partial charge in [0.2, 0.25) is 23.6 Å². The van der Waals surface area contributed by atoms with Gasteiger partial charge in [0.15, 0.2) is 43.8 Å². The van der Waals surface area contributed by atoms with E-state index in [1.807, 2.05) is 0 Å². The molecule has 0 aliphatic carbocycles. The Labute approximate surface area is 690 Å². The van der Waals surface area contributed by atoms with E-state index in [1.54, 1.807) is 0 Å². The van der Waals surface area contributed by atoms with Crippen LogP contribution < -0.4 is 125 Å². The van der Waals surface area contributed by atoms with Crippen LogP contribution in [-0.4, -0.2) is 410 Å². The second-order valence-electron chi connectivity index (χ2n) is 26.5. The van der Waals surface area contributed by atoms with E-state index in [2.05, 4.69) is 21.3 Å². The van der Waals surface area contributed by atoms with Crippen molar-refractivity contribution in [1.82, 2.24) is 21.3 Å². The number of nitrogens with one attached hydrogen (secondary N) is 4. The summed E-state index contributed by atoms with van der Waals surface area (Å²) in [6.45, 7) is 2.08. The summed E-state index contributed by atoms with van der Waals surface area (Å²) < 4.78 is 97.1. The zero-order valence-corrected chi connectivity index (χ0v) is 67.1. The van der Waals surface area contributed by atoms with Crippen molar-refractivity contribution in [2.75, 3.05) is 40.6 Å². The molecule has 0 aromatic rings. The Morgan fingerprint density at radius 1 is 0.318 bits per heavy atom. The largest absolute Gasteiger partial charge is 1.00 e. The summed E-state index contributed by atoms with van der Waals surface area (Å²) in [6, 6.07) is -7.05. The number of carbonyl (C=O) groups excluding carboxylic acids is 8. The molecule has 0 radical (unpaired) electrons. The molecule has 0 aromatic heterocycles. The molecule has 0 spiro atoms. The topological polar surface area (TPSA) is 714 Å². The van der Waals surface area contributed by atoms with Gasteiger partial charge in [-0.05, 0) is 13.8 Å². The smallest absolute Gasteiger partial charge is 0.547 e. The molecule has 8 heterocycles. The number of amides is 4. The second kappa shape index (κ2) is 42.8. The van der Waals surface area contributed by atoms with Crippen LogP contribution in [0.25, 0.3) is 0 Å². The number of hydrogen-bond donors (Lipinski definition) is 19. The van der Waals surface area contributed by atoms with Crippen molar-refractivity contribution in [2.24, 2.45) is 0 Å². The third kappa shape index (κ3) is 22.1. The summed E-state index contributed by atoms with van der Waals surface area (Å²) in [5, 5.41) is 217. The molecule has 8 aliphatic rings. The maximum Gasteiger partial charge on any atom is 1.00 e. The van der Waals surface area contributed by atoms with Gasteiger partial charge in [-0.2, -0.15) is 0 Å². The summed E-state index contributed by atoms with van der Waals surface area (Å²) >= 11 is 0. The molecule has 110 heavy (non-hydrogen) atoms. The van der Waals surface area contributed by atoms with Crippen LogP contribution in [0.2, 0.25) is 0 Å². The first-order valence-corrected chi connectivity index (χ1v) is 33.4. The van der Waals surface area contributed by atoms with Crippen molar-refractivity contribution in [2.45, 2.75) is 287 Å². The number of esters is 1. The molecule has 0 saturated carbocycles. The first-order chi connectivity index (χ1) is 50.3. The van der Waals surface area contributed by atoms with E-state index in [-0.39, 0.29) is 88.7 Å². The van der Waals surface area contributed by atoms with Gasteiger partial charge in [0, 0.05) is 41.9 Å². The molecule has 8 rings (SSSR count). The molecule has 47 nitrogen and oxygen atoms in total. The zero-order valence-electron chi connectivity index (χ0n) is 61.1. The van der Waals surface area contributed by atoms with Gasteiger partial charge in [0.1, 0.15) is 183 Å². The van der Waals surface area contributed by atoms with E-state index in [1.165, 1.54) is 13.8 Å². The van der Waals surface area contributed by atoms with Crippen LogP contribution in [0.15, 0.2) is 0 Å². The Morgan fingerprint density at radius 3 is 0.864 bits per heavy atom. The maximum absolute atomic E-state index is 15.2. The van der Waals surface area contributed by atoms with E-state index >= 15 is 4.79 Å². The predicted octanol–water partition coefficient (Wildman–Crippen LogP) is -27.6. The fourth-order valence-corrected chi connectivity index (χ4v) is 13.8. The molecule has 8 saturated heterocycles. The van der Waals surface area contributed by atoms with Gasteiger partial charge in [0.25, 0.3) is 0 Å². The Balaban J connectivity index is 0.00000722. The number of hydrogen-bond acceptors (Lipinski definition) is 43. The van der Waals surface area contributed by atoms with Crippen molar-refractivity contribution in [1.29, 1.82) is 0 Å². The standard InChI is InChI=1S/C60H94N4O43.3Na/c1-13-23(61-15(3)68)39(27(72)19(9-65)94-13)98-59-37(82)33(78)45(49(106-59)53(88)89)102-56-26(64-18(6)71)42(101-58-36(81)32(77)44(92-8)48(105-58)52(86)87)30(75)22(97-56)12-93-54(90)50-46(34(79)38(83)60(107-50)99-40-24(62-16(4)69)14(2)95-20(10-66)28(40)73)103-55-25(63-17(5)70)41(29(74)21(11-67)96-55)100-57-35(80)31(76)43(91-7)47(104-57)51(84)85;;;/h13-14,19-50,55-60,65-67,72-83H,9-12H2,1-8H3,(H,61,68)(H,62,69)(H,63,70)(H,64,71)(H,84,85)(H,86,87)(H,88,89);;;/q;3*+1/p-3/t13-,14+,19?,20?,21?,22?,23?,24?,25?,26?,27?,28?,29?,30?,31?,32?,33?,34?,35?,36?,37?,38?,39?,40?,41?,42?,43?,44?,45?,46?,47?,48?,49?,50?,55?,56?,57?,58?,59?,60?;;;/m1.../s1. The van der Waals surface area contributed by atoms with E-state index in [9.17, 15) is 125 Å². The fraction of sp³-hybridized carbons (Fsp3) is 0.867. The molecule has 4 amide bonds. The van der Waals surface area contributed by atoms with Gasteiger partial charge >= 0.3 is 94.6 Å². The summed E-state index contributed by atoms with van der Waals surface area (Å²) in [5.41, 5.74) is 0. The number of carbonyl (C=O) groups is 8. The molecule has 0 bridgehead atoms. The molecule has 612 valence electrons. The third-order valence-electron chi connectivity index (χ3n) is 19.1. The van der Waals surface area contributed by atoms with Crippen LogP contribution in [0.4, 0.5) is 0 Å². The molecule has 8 fully saturated rings. The number of aliphatic carboxylic acids is 3. The van der Waals surface area contributed by atoms with Crippen LogP contribution >= 0.6 is 0 Å². The molecule has 19 N–H and O–H groups in total. The molecular formula is C60H91N4Na3O43. The van der Waals surface area contributed by atoms with E-state index < -0.39 is 319 Å². The molecule has 0 aromatic carbocycles. The van der Waals surface area contributed by atoms with Crippen LogP contribution in [0.1, 0.15) is 41.5 Å². The minimum Gasteiger partial charge on any atom is -0.547 e. The molecule has 40 atom stereocenters. The summed E-state index contributed by atoms with van der Waals surface area (Å²) in [4.78, 5) is 104. The van der Waals surface area contributed by atoms with Gasteiger partial charge < -0.3 is 208 Å². The number of carboxylic acids is 3. The van der Waals surface area contributed by atoms with Crippen molar-refractivity contribution >= 4 is 47.5 Å². The minimum absolute atomic E-state index is 0. The van der Waals surface area contributed by atoms with Gasteiger partial charge in [-0.3, -0.25) is 19.2 Å². The molecule has 38 unspecified atom stereocenters. The van der Waals surface area contributed by atoms with Crippen LogP contribution in [0, 0.1) is 0 Å². The third-order valence-corrected chi connectivity index (χ3v) is 19.1. The molecule has 8 aliphatic heterocycles. The Morgan fingerprint density at radius 2 is 0.564 bits per heavy atom. The first kappa shape index (κ1) is 98.1. The average molecular weight is 1630 g/mol. The van der Waals surface area contributed by atoms with Gasteiger partial charge in [-0.25, -0.2) is 4.79 Å². The van der Waals surface area contributed by atoms with E-state index in [4.69, 9.17) is 80.5 Å². The Kier molecular flexibility index (Phi) is 38.1. The quantitative estimate of drug-likeness (QED) is 0.0268. The van der Waals surface area contributed by atoms with Crippen molar-refractivity contribution in [3.05, 3.63) is 0 Å². The Bertz CT molecular complexity index is 3040. The van der Waals surface area contributed by atoms with Gasteiger partial charge in [-0.1, -0.05) is 0 Å². The average Bonchev–Trinajstić information content (AvgIpc) is 0.785. The monoisotopic (exact) mass is 1620 g/mol. The second-order valence-corrected chi connectivity index (χ2v) is 26.5. The number of aliphatic hydroxyl groups excluding tert-OH is 15. The number of aliphatic hydroxyl groups is 15. The maximum atomic E-state index is 15.2. The zero-order chi connectivity index (χ0) is 79.4. The van der Waals surface area contributed by atoms with E-state index in [0.717, 1.165) is 41.9 Å². The SMILES string of the molecule is COC1C(C(=O)[O-])OC(OC2C(O)C(COC(=O)C3OC(OC4C(O)C(CO)O[C@@H](C)C4NC(C)=O)C(O)C(O)C3OC3OC(CO)C(O)C(OC4OC(C(=O)[O-])C(OC)C(O)C4O)C3NC(C)=O)OC(OC3C(C(=O)[O-])OC(OC4C(O)C(CO)O[C@H](C)C4NC(C)=O)C(O)C3O)C2NC(C)=O)C(O)C1O.[Na+].[Na+].[Na+]. The molecule has 50 heteroatoms. The number of ether oxygens (including phenoxy) is 17. The van der Waals surface area contributed by atoms with Crippen LogP contribution in [0.5, 0.6) is 0 Å². The number of rotatable bonds is 27. The van der Waals surface area contributed by atoms with Crippen LogP contribution in [0.3, 0.4) is 0 Å². The molecular weight excluding hydrogens is 1530 g/mol. The van der Waals surface area contributed by atoms with Gasteiger partial charge in [-0.15, -0.1) is 0 Å². The number of carboxylic acid groups (broad SMARTS) is 3. The number of methoxy groups -OCH3 is 2. The summed E-state index contributed by atoms with van der Waals surface area (Å²) in [7, 11) is 1.84. The van der Waals surface area contributed by atoms with Crippen molar-refractivity contribution in [3.63, 3.8) is 0 Å². The van der Waals surface area contributed by atoms with E-state index in [0.29, 0.717) is 0 Å². The Hall–Kier alpha value is -2.48. The predicted molar refractivity (Wildman–Crippen MR) is 321 cm³/mol. The van der Waals surface area contributed by atoms with Gasteiger partial charge in [0.05, 0.1) is 62.0 Å².